The van der Waals surface area contributed by atoms with Crippen molar-refractivity contribution < 1.29 is 18.3 Å². The monoisotopic (exact) mass is 390 g/mol. The van der Waals surface area contributed by atoms with Crippen molar-refractivity contribution in [2.45, 2.75) is 24.3 Å². The van der Waals surface area contributed by atoms with Crippen molar-refractivity contribution in [3.63, 3.8) is 0 Å². The van der Waals surface area contributed by atoms with E-state index in [2.05, 4.69) is 15.5 Å². The van der Waals surface area contributed by atoms with Gasteiger partial charge in [-0.1, -0.05) is 17.8 Å². The summed E-state index contributed by atoms with van der Waals surface area (Å²) in [5.41, 5.74) is 1.28. The lowest BCUT2D eigenvalue weighted by molar-refractivity contribution is 0.0989. The summed E-state index contributed by atoms with van der Waals surface area (Å²) >= 11 is 1.05. The number of methoxy groups -OCH3 is 1. The molecule has 3 aromatic rings. The molecule has 2 aromatic carbocycles. The largest absolute Gasteiger partial charge is 0.494 e. The Kier molecular flexibility index (Phi) is 5.50. The Morgan fingerprint density at radius 1 is 1.22 bits per heavy atom. The second-order valence-electron chi connectivity index (χ2n) is 5.80. The van der Waals surface area contributed by atoms with Gasteiger partial charge in [0.15, 0.2) is 5.78 Å². The van der Waals surface area contributed by atoms with Gasteiger partial charge in [-0.15, -0.1) is 5.10 Å². The molecule has 0 radical (unpaired) electrons. The molecule has 0 amide bonds. The first-order chi connectivity index (χ1) is 12.9. The number of ketones is 1. The van der Waals surface area contributed by atoms with E-state index in [0.717, 1.165) is 35.5 Å². The van der Waals surface area contributed by atoms with Gasteiger partial charge < -0.3 is 4.74 Å². The topological polar surface area (TPSA) is 69.9 Å². The molecule has 140 valence electrons. The zero-order valence-corrected chi connectivity index (χ0v) is 15.6. The molecule has 1 atom stereocenters. The summed E-state index contributed by atoms with van der Waals surface area (Å²) in [6, 6.07) is 8.31. The van der Waals surface area contributed by atoms with E-state index >= 15 is 0 Å². The number of tetrazole rings is 1. The first kappa shape index (κ1) is 19.0. The molecule has 27 heavy (non-hydrogen) atoms. The van der Waals surface area contributed by atoms with E-state index in [1.807, 2.05) is 19.1 Å². The van der Waals surface area contributed by atoms with Crippen LogP contribution in [-0.4, -0.2) is 38.4 Å². The highest BCUT2D eigenvalue weighted by Gasteiger charge is 2.24. The average Bonchev–Trinajstić information content (AvgIpc) is 3.11. The van der Waals surface area contributed by atoms with Crippen molar-refractivity contribution in [1.29, 1.82) is 0 Å². The first-order valence-corrected chi connectivity index (χ1v) is 8.88. The lowest BCUT2D eigenvalue weighted by atomic mass is 10.1. The predicted molar refractivity (Wildman–Crippen MR) is 96.5 cm³/mol. The molecule has 0 spiro atoms. The minimum absolute atomic E-state index is 0.304. The SMILES string of the molecule is COc1ccc(C)cc1-n1nnnc1SC(C)C(=O)c1cc(F)ccc1F. The number of ether oxygens (including phenoxy) is 1. The van der Waals surface area contributed by atoms with Gasteiger partial charge in [-0.05, 0) is 60.2 Å². The van der Waals surface area contributed by atoms with E-state index in [9.17, 15) is 13.6 Å². The van der Waals surface area contributed by atoms with Crippen molar-refractivity contribution >= 4 is 17.5 Å². The Morgan fingerprint density at radius 3 is 2.74 bits per heavy atom. The molecule has 0 bridgehead atoms. The Balaban J connectivity index is 1.90. The van der Waals surface area contributed by atoms with Gasteiger partial charge in [0.2, 0.25) is 5.16 Å². The lowest BCUT2D eigenvalue weighted by Crippen LogP contribution is -2.16. The van der Waals surface area contributed by atoms with Crippen LogP contribution in [0.2, 0.25) is 0 Å². The van der Waals surface area contributed by atoms with Crippen LogP contribution in [0.15, 0.2) is 41.6 Å². The molecule has 0 aliphatic rings. The molecule has 0 saturated carbocycles. The molecule has 0 saturated heterocycles. The number of rotatable bonds is 6. The maximum atomic E-state index is 13.9. The highest BCUT2D eigenvalue weighted by Crippen LogP contribution is 2.30. The van der Waals surface area contributed by atoms with Gasteiger partial charge in [-0.3, -0.25) is 4.79 Å². The third-order valence-corrected chi connectivity index (χ3v) is 4.88. The van der Waals surface area contributed by atoms with Gasteiger partial charge in [0, 0.05) is 0 Å². The van der Waals surface area contributed by atoms with Crippen molar-refractivity contribution in [2.75, 3.05) is 7.11 Å². The third-order valence-electron chi connectivity index (χ3n) is 3.85. The average molecular weight is 390 g/mol. The van der Waals surface area contributed by atoms with Gasteiger partial charge in [-0.25, -0.2) is 8.78 Å². The number of nitrogens with zero attached hydrogens (tertiary/aromatic N) is 4. The van der Waals surface area contributed by atoms with Crippen molar-refractivity contribution in [3.05, 3.63) is 59.2 Å². The number of carbonyl (C=O) groups excluding carboxylic acids is 1. The van der Waals surface area contributed by atoms with E-state index < -0.39 is 22.7 Å². The summed E-state index contributed by atoms with van der Waals surface area (Å²) in [5.74, 6) is -1.44. The number of thioether (sulfide) groups is 1. The van der Waals surface area contributed by atoms with E-state index in [-0.39, 0.29) is 5.56 Å². The van der Waals surface area contributed by atoms with E-state index in [1.165, 1.54) is 11.8 Å². The van der Waals surface area contributed by atoms with E-state index in [4.69, 9.17) is 4.74 Å². The van der Waals surface area contributed by atoms with E-state index in [0.29, 0.717) is 16.6 Å². The third kappa shape index (κ3) is 3.97. The van der Waals surface area contributed by atoms with Crippen LogP contribution in [0.1, 0.15) is 22.8 Å². The number of hydrogen-bond donors (Lipinski definition) is 0. The van der Waals surface area contributed by atoms with Crippen molar-refractivity contribution in [1.82, 2.24) is 20.2 Å². The second-order valence-corrected chi connectivity index (χ2v) is 7.11. The van der Waals surface area contributed by atoms with Crippen LogP contribution >= 0.6 is 11.8 Å². The maximum absolute atomic E-state index is 13.9. The maximum Gasteiger partial charge on any atom is 0.214 e. The zero-order valence-electron chi connectivity index (χ0n) is 14.8. The Morgan fingerprint density at radius 2 is 2.00 bits per heavy atom. The number of aromatic nitrogens is 4. The molecule has 6 nitrogen and oxygen atoms in total. The molecule has 0 aliphatic heterocycles. The highest BCUT2D eigenvalue weighted by atomic mass is 32.2. The van der Waals surface area contributed by atoms with Crippen LogP contribution in [-0.2, 0) is 0 Å². The fraction of sp³-hybridized carbons (Fsp3) is 0.222. The summed E-state index contributed by atoms with van der Waals surface area (Å²) in [5, 5.41) is 11.2. The lowest BCUT2D eigenvalue weighted by Gasteiger charge is -2.13. The molecule has 3 rings (SSSR count). The Labute approximate surface area is 158 Å². The van der Waals surface area contributed by atoms with Crippen molar-refractivity contribution in [2.24, 2.45) is 0 Å². The quantitative estimate of drug-likeness (QED) is 0.473. The van der Waals surface area contributed by atoms with Crippen LogP contribution in [0, 0.1) is 18.6 Å². The van der Waals surface area contributed by atoms with Crippen LogP contribution in [0.3, 0.4) is 0 Å². The fourth-order valence-electron chi connectivity index (χ4n) is 2.49. The Hall–Kier alpha value is -2.81. The van der Waals surface area contributed by atoms with Crippen LogP contribution in [0.4, 0.5) is 8.78 Å². The normalized spacial score (nSPS) is 12.0. The summed E-state index contributed by atoms with van der Waals surface area (Å²) in [4.78, 5) is 12.5. The number of halogens is 2. The molecular formula is C18H16F2N4O2S. The smallest absolute Gasteiger partial charge is 0.214 e. The number of hydrogen-bond acceptors (Lipinski definition) is 6. The predicted octanol–water partition coefficient (Wildman–Crippen LogP) is 3.62. The first-order valence-electron chi connectivity index (χ1n) is 8.00. The highest BCUT2D eigenvalue weighted by molar-refractivity contribution is 8.00. The van der Waals surface area contributed by atoms with Gasteiger partial charge in [0.25, 0.3) is 0 Å². The number of aryl methyl sites for hydroxylation is 1. The second kappa shape index (κ2) is 7.83. The van der Waals surface area contributed by atoms with Crippen LogP contribution in [0.5, 0.6) is 5.75 Å². The summed E-state index contributed by atoms with van der Waals surface area (Å²) in [7, 11) is 1.53. The molecule has 1 heterocycles. The van der Waals surface area contributed by atoms with Gasteiger partial charge in [0.05, 0.1) is 17.9 Å². The van der Waals surface area contributed by atoms with Gasteiger partial charge in [-0.2, -0.15) is 4.68 Å². The molecule has 0 aliphatic carbocycles. The summed E-state index contributed by atoms with van der Waals surface area (Å²) < 4.78 is 34.1. The van der Waals surface area contributed by atoms with E-state index in [1.54, 1.807) is 13.0 Å². The molecule has 0 fully saturated rings. The summed E-state index contributed by atoms with van der Waals surface area (Å²) in [6.07, 6.45) is 0. The minimum Gasteiger partial charge on any atom is -0.494 e. The van der Waals surface area contributed by atoms with Gasteiger partial charge >= 0.3 is 0 Å². The van der Waals surface area contributed by atoms with Crippen LogP contribution < -0.4 is 4.74 Å². The number of benzene rings is 2. The van der Waals surface area contributed by atoms with Crippen LogP contribution in [0.25, 0.3) is 5.69 Å². The molecule has 9 heteroatoms. The fourth-order valence-corrected chi connectivity index (χ4v) is 3.35. The Bertz CT molecular complexity index is 993. The molecule has 1 unspecified atom stereocenters. The number of carbonyl (C=O) groups is 1. The zero-order chi connectivity index (χ0) is 19.6. The standard InChI is InChI=1S/C18H16F2N4O2S/c1-10-4-7-16(26-3)15(8-10)24-18(21-22-23-24)27-11(2)17(25)13-9-12(19)5-6-14(13)20/h4-9,11H,1-3H3. The molecule has 1 aromatic heterocycles. The minimum atomic E-state index is -0.770. The van der Waals surface area contributed by atoms with Crippen molar-refractivity contribution in [3.8, 4) is 11.4 Å². The summed E-state index contributed by atoms with van der Waals surface area (Å²) in [6.45, 7) is 3.50. The molecular weight excluding hydrogens is 374 g/mol. The van der Waals surface area contributed by atoms with Gasteiger partial charge in [0.1, 0.15) is 23.1 Å². The molecule has 0 N–H and O–H groups in total. The number of Topliss-reactive ketones (excluding diaryl/α,β-unsaturated/α-hetero) is 1.